The second kappa shape index (κ2) is 8.95. The molecule has 1 saturated heterocycles. The Morgan fingerprint density at radius 3 is 2.86 bits per heavy atom. The van der Waals surface area contributed by atoms with Gasteiger partial charge >= 0.3 is 0 Å². The van der Waals surface area contributed by atoms with E-state index in [-0.39, 0.29) is 30.7 Å². The number of ether oxygens (including phenoxy) is 1. The van der Waals surface area contributed by atoms with Crippen LogP contribution in [0.1, 0.15) is 18.7 Å². The van der Waals surface area contributed by atoms with Crippen molar-refractivity contribution in [3.05, 3.63) is 42.0 Å². The van der Waals surface area contributed by atoms with E-state index in [1.54, 1.807) is 28.1 Å². The molecule has 2 aromatic rings. The van der Waals surface area contributed by atoms with Crippen LogP contribution in [0, 0.1) is 5.82 Å². The van der Waals surface area contributed by atoms with Crippen LogP contribution in [0.2, 0.25) is 0 Å². The Morgan fingerprint density at radius 1 is 1.38 bits per heavy atom. The molecule has 0 saturated carbocycles. The van der Waals surface area contributed by atoms with Crippen LogP contribution >= 0.6 is 0 Å². The number of aromatic nitrogens is 2. The number of benzene rings is 1. The summed E-state index contributed by atoms with van der Waals surface area (Å²) in [7, 11) is 3.65. The molecule has 1 aliphatic rings. The number of carbonyl (C=O) groups excluding carboxylic acids is 2. The highest BCUT2D eigenvalue weighted by Crippen LogP contribution is 2.31. The summed E-state index contributed by atoms with van der Waals surface area (Å²) in [5.74, 6) is -0.321. The summed E-state index contributed by atoms with van der Waals surface area (Å²) in [6.45, 7) is 2.34. The molecule has 2 heterocycles. The van der Waals surface area contributed by atoms with Gasteiger partial charge in [-0.2, -0.15) is 0 Å². The van der Waals surface area contributed by atoms with Crippen LogP contribution in [0.15, 0.2) is 30.5 Å². The van der Waals surface area contributed by atoms with E-state index in [4.69, 9.17) is 4.74 Å². The molecule has 0 bridgehead atoms. The van der Waals surface area contributed by atoms with Crippen molar-refractivity contribution in [2.75, 3.05) is 45.2 Å². The fourth-order valence-corrected chi connectivity index (χ4v) is 3.08. The van der Waals surface area contributed by atoms with Gasteiger partial charge in [-0.1, -0.05) is 12.1 Å². The van der Waals surface area contributed by atoms with Crippen LogP contribution in [0.5, 0.6) is 0 Å². The van der Waals surface area contributed by atoms with E-state index in [1.165, 1.54) is 19.1 Å². The number of morpholine rings is 1. The monoisotopic (exact) mass is 401 g/mol. The molecule has 1 aliphatic heterocycles. The topological polar surface area (TPSA) is 87.7 Å². The third-order valence-corrected chi connectivity index (χ3v) is 4.55. The second-order valence-electron chi connectivity index (χ2n) is 6.98. The smallest absolute Gasteiger partial charge is 0.242 e. The van der Waals surface area contributed by atoms with Crippen molar-refractivity contribution >= 4 is 17.8 Å². The number of hydrogen-bond donors (Lipinski definition) is 1. The van der Waals surface area contributed by atoms with E-state index >= 15 is 0 Å². The molecule has 9 heteroatoms. The van der Waals surface area contributed by atoms with Crippen molar-refractivity contribution in [1.82, 2.24) is 20.2 Å². The van der Waals surface area contributed by atoms with E-state index in [0.29, 0.717) is 35.9 Å². The Bertz CT molecular complexity index is 905. The van der Waals surface area contributed by atoms with Gasteiger partial charge < -0.3 is 19.9 Å². The van der Waals surface area contributed by atoms with Crippen LogP contribution in [-0.2, 0) is 14.3 Å². The quantitative estimate of drug-likeness (QED) is 0.815. The first-order valence-electron chi connectivity index (χ1n) is 9.29. The molecular formula is C20H24FN5O3. The molecule has 1 fully saturated rings. The zero-order chi connectivity index (χ0) is 21.0. The number of halogens is 1. The van der Waals surface area contributed by atoms with Crippen molar-refractivity contribution < 1.29 is 18.7 Å². The number of anilines is 1. The maximum absolute atomic E-state index is 13.8. The first-order chi connectivity index (χ1) is 13.8. The molecule has 0 unspecified atom stereocenters. The molecular weight excluding hydrogens is 377 g/mol. The molecule has 1 aromatic heterocycles. The highest BCUT2D eigenvalue weighted by molar-refractivity contribution is 5.83. The first-order valence-corrected chi connectivity index (χ1v) is 9.29. The molecule has 1 aromatic carbocycles. The number of nitrogens with zero attached hydrogens (tertiary/aromatic N) is 4. The predicted octanol–water partition coefficient (Wildman–Crippen LogP) is 1.38. The number of hydrogen-bond acceptors (Lipinski definition) is 6. The molecule has 0 spiro atoms. The SMILES string of the molecule is CC(=O)NCC(=O)N1CCO[C@@H](c2nc(N(C)C)ncc2-c2cccc(F)c2)C1. The van der Waals surface area contributed by atoms with Gasteiger partial charge in [0.2, 0.25) is 17.8 Å². The average Bonchev–Trinajstić information content (AvgIpc) is 2.71. The summed E-state index contributed by atoms with van der Waals surface area (Å²) in [5, 5.41) is 2.52. The van der Waals surface area contributed by atoms with E-state index in [2.05, 4.69) is 15.3 Å². The minimum absolute atomic E-state index is 0.0640. The third-order valence-electron chi connectivity index (χ3n) is 4.55. The fraction of sp³-hybridized carbons (Fsp3) is 0.400. The summed E-state index contributed by atoms with van der Waals surface area (Å²) in [5.41, 5.74) is 1.87. The van der Waals surface area contributed by atoms with Crippen molar-refractivity contribution in [2.24, 2.45) is 0 Å². The molecule has 3 rings (SSSR count). The number of rotatable bonds is 5. The van der Waals surface area contributed by atoms with Gasteiger partial charge in [-0.15, -0.1) is 0 Å². The van der Waals surface area contributed by atoms with Gasteiger partial charge in [0.25, 0.3) is 0 Å². The lowest BCUT2D eigenvalue weighted by Gasteiger charge is -2.33. The van der Waals surface area contributed by atoms with Gasteiger partial charge in [0.1, 0.15) is 11.9 Å². The van der Waals surface area contributed by atoms with E-state index in [0.717, 1.165) is 0 Å². The Labute approximate surface area is 168 Å². The van der Waals surface area contributed by atoms with Crippen LogP contribution in [0.4, 0.5) is 10.3 Å². The Morgan fingerprint density at radius 2 is 2.17 bits per heavy atom. The first kappa shape index (κ1) is 20.7. The van der Waals surface area contributed by atoms with Crippen LogP contribution < -0.4 is 10.2 Å². The normalized spacial score (nSPS) is 16.4. The Kier molecular flexibility index (Phi) is 6.38. The molecule has 154 valence electrons. The van der Waals surface area contributed by atoms with Gasteiger partial charge in [-0.25, -0.2) is 14.4 Å². The standard InChI is InChI=1S/C20H24FN5O3/c1-13(27)22-11-18(28)26-7-8-29-17(12-26)19-16(10-23-20(24-19)25(2)3)14-5-4-6-15(21)9-14/h4-6,9-10,17H,7-8,11-12H2,1-3H3,(H,22,27)/t17-/m1/s1. The summed E-state index contributed by atoms with van der Waals surface area (Å²) in [4.78, 5) is 35.9. The van der Waals surface area contributed by atoms with Crippen molar-refractivity contribution in [2.45, 2.75) is 13.0 Å². The highest BCUT2D eigenvalue weighted by atomic mass is 19.1. The highest BCUT2D eigenvalue weighted by Gasteiger charge is 2.29. The lowest BCUT2D eigenvalue weighted by Crippen LogP contribution is -2.46. The second-order valence-corrected chi connectivity index (χ2v) is 6.98. The molecule has 0 radical (unpaired) electrons. The van der Waals surface area contributed by atoms with Gasteiger partial charge in [0, 0.05) is 39.3 Å². The molecule has 1 atom stereocenters. The van der Waals surface area contributed by atoms with E-state index < -0.39 is 6.10 Å². The minimum atomic E-state index is -0.495. The third kappa shape index (κ3) is 5.05. The predicted molar refractivity (Wildman–Crippen MR) is 106 cm³/mol. The van der Waals surface area contributed by atoms with Gasteiger partial charge in [0.15, 0.2) is 0 Å². The minimum Gasteiger partial charge on any atom is -0.368 e. The largest absolute Gasteiger partial charge is 0.368 e. The maximum Gasteiger partial charge on any atom is 0.242 e. The lowest BCUT2D eigenvalue weighted by atomic mass is 10.0. The summed E-state index contributed by atoms with van der Waals surface area (Å²) < 4.78 is 19.7. The maximum atomic E-state index is 13.8. The van der Waals surface area contributed by atoms with Gasteiger partial charge in [-0.3, -0.25) is 9.59 Å². The van der Waals surface area contributed by atoms with Gasteiger partial charge in [0.05, 0.1) is 25.4 Å². The number of nitrogens with one attached hydrogen (secondary N) is 1. The van der Waals surface area contributed by atoms with Crippen molar-refractivity contribution in [3.8, 4) is 11.1 Å². The van der Waals surface area contributed by atoms with Gasteiger partial charge in [-0.05, 0) is 17.7 Å². The molecule has 8 nitrogen and oxygen atoms in total. The summed E-state index contributed by atoms with van der Waals surface area (Å²) in [6, 6.07) is 6.19. The van der Waals surface area contributed by atoms with Crippen molar-refractivity contribution in [3.63, 3.8) is 0 Å². The zero-order valence-electron chi connectivity index (χ0n) is 16.7. The van der Waals surface area contributed by atoms with Crippen LogP contribution in [0.25, 0.3) is 11.1 Å². The summed E-state index contributed by atoms with van der Waals surface area (Å²) in [6.07, 6.45) is 1.15. The Balaban J connectivity index is 1.92. The molecule has 2 amide bonds. The zero-order valence-corrected chi connectivity index (χ0v) is 16.7. The average molecular weight is 401 g/mol. The van der Waals surface area contributed by atoms with E-state index in [1.807, 2.05) is 14.1 Å². The van der Waals surface area contributed by atoms with Crippen LogP contribution in [0.3, 0.4) is 0 Å². The molecule has 1 N–H and O–H groups in total. The Hall–Kier alpha value is -3.07. The van der Waals surface area contributed by atoms with Crippen molar-refractivity contribution in [1.29, 1.82) is 0 Å². The molecule has 0 aliphatic carbocycles. The fourth-order valence-electron chi connectivity index (χ4n) is 3.08. The lowest BCUT2D eigenvalue weighted by molar-refractivity contribution is -0.139. The molecule has 29 heavy (non-hydrogen) atoms. The number of carbonyl (C=O) groups is 2. The number of amides is 2. The summed E-state index contributed by atoms with van der Waals surface area (Å²) >= 11 is 0. The van der Waals surface area contributed by atoms with Crippen LogP contribution in [-0.4, -0.2) is 67.0 Å². The van der Waals surface area contributed by atoms with E-state index in [9.17, 15) is 14.0 Å².